The minimum absolute atomic E-state index is 0.304. The maximum absolute atomic E-state index is 5.81. The van der Waals surface area contributed by atoms with Crippen LogP contribution in [0.1, 0.15) is 29.9 Å². The van der Waals surface area contributed by atoms with Crippen molar-refractivity contribution < 1.29 is 0 Å². The summed E-state index contributed by atoms with van der Waals surface area (Å²) in [7, 11) is 0. The number of benzene rings is 1. The van der Waals surface area contributed by atoms with Crippen LogP contribution in [0.3, 0.4) is 0 Å². The van der Waals surface area contributed by atoms with Gasteiger partial charge in [-0.2, -0.15) is 0 Å². The molecule has 17 heavy (non-hydrogen) atoms. The van der Waals surface area contributed by atoms with Crippen LogP contribution in [-0.4, -0.2) is 14.9 Å². The highest BCUT2D eigenvalue weighted by atomic mass is 15.2. The van der Waals surface area contributed by atoms with E-state index >= 15 is 0 Å². The molecule has 3 N–H and O–H groups in total. The fourth-order valence-corrected chi connectivity index (χ4v) is 2.39. The van der Waals surface area contributed by atoms with Crippen LogP contribution in [0.4, 0.5) is 5.69 Å². The summed E-state index contributed by atoms with van der Waals surface area (Å²) in [6.07, 6.45) is 3.67. The lowest BCUT2D eigenvalue weighted by molar-refractivity contribution is 0.208. The number of hydrogen-bond acceptors (Lipinski definition) is 3. The van der Waals surface area contributed by atoms with E-state index in [-0.39, 0.29) is 0 Å². The summed E-state index contributed by atoms with van der Waals surface area (Å²) < 4.78 is 0. The van der Waals surface area contributed by atoms with E-state index < -0.39 is 0 Å². The molecule has 0 fully saturated rings. The highest BCUT2D eigenvalue weighted by Crippen LogP contribution is 2.30. The number of fused-ring (bicyclic) bond motifs is 1. The van der Waals surface area contributed by atoms with Gasteiger partial charge in [0.05, 0.1) is 6.04 Å². The number of nitrogens with zero attached hydrogens (tertiary/aromatic N) is 2. The lowest BCUT2D eigenvalue weighted by Crippen LogP contribution is -2.21. The van der Waals surface area contributed by atoms with Gasteiger partial charge in [0.2, 0.25) is 0 Å². The van der Waals surface area contributed by atoms with Crippen LogP contribution in [-0.2, 0) is 13.1 Å². The molecule has 1 aromatic heterocycles. The molecule has 0 spiro atoms. The van der Waals surface area contributed by atoms with Gasteiger partial charge in [0.15, 0.2) is 0 Å². The highest BCUT2D eigenvalue weighted by Gasteiger charge is 2.25. The van der Waals surface area contributed by atoms with Gasteiger partial charge in [0.1, 0.15) is 5.82 Å². The first-order valence-electron chi connectivity index (χ1n) is 5.84. The van der Waals surface area contributed by atoms with Gasteiger partial charge >= 0.3 is 0 Å². The normalized spacial score (nSPS) is 17.0. The lowest BCUT2D eigenvalue weighted by Gasteiger charge is -2.21. The molecule has 1 aliphatic rings. The predicted octanol–water partition coefficient (Wildman–Crippen LogP) is 2.07. The summed E-state index contributed by atoms with van der Waals surface area (Å²) in [6, 6.07) is 6.47. The molecule has 1 unspecified atom stereocenters. The van der Waals surface area contributed by atoms with Gasteiger partial charge in [0.25, 0.3) is 0 Å². The van der Waals surface area contributed by atoms with E-state index in [0.717, 1.165) is 24.6 Å². The van der Waals surface area contributed by atoms with Crippen LogP contribution >= 0.6 is 0 Å². The predicted molar refractivity (Wildman–Crippen MR) is 67.1 cm³/mol. The minimum Gasteiger partial charge on any atom is -0.399 e. The van der Waals surface area contributed by atoms with Crippen molar-refractivity contribution in [2.24, 2.45) is 0 Å². The molecule has 3 rings (SSSR count). The standard InChI is InChI=1S/C13H16N4/c1-9(13-15-4-5-16-13)17-7-10-2-3-12(14)6-11(10)8-17/h2-6,9H,7-8,14H2,1H3,(H,15,16). The Balaban J connectivity index is 1.82. The molecule has 2 heterocycles. The number of H-pyrrole nitrogens is 1. The molecule has 0 amide bonds. The Kier molecular flexibility index (Phi) is 2.37. The third-order valence-corrected chi connectivity index (χ3v) is 3.44. The van der Waals surface area contributed by atoms with Crippen molar-refractivity contribution in [2.45, 2.75) is 26.1 Å². The van der Waals surface area contributed by atoms with Crippen LogP contribution in [0.5, 0.6) is 0 Å². The zero-order valence-corrected chi connectivity index (χ0v) is 9.85. The van der Waals surface area contributed by atoms with Crippen molar-refractivity contribution in [3.8, 4) is 0 Å². The van der Waals surface area contributed by atoms with Crippen LogP contribution in [0.2, 0.25) is 0 Å². The number of nitrogens with two attached hydrogens (primary N) is 1. The molecule has 0 bridgehead atoms. The first kappa shape index (κ1) is 10.4. The summed E-state index contributed by atoms with van der Waals surface area (Å²) in [5.41, 5.74) is 9.36. The number of nitrogen functional groups attached to an aromatic ring is 1. The smallest absolute Gasteiger partial charge is 0.123 e. The Labute approximate surface area is 100 Å². The molecular weight excluding hydrogens is 212 g/mol. The molecular formula is C13H16N4. The molecule has 0 saturated heterocycles. The second-order valence-electron chi connectivity index (χ2n) is 4.58. The first-order valence-corrected chi connectivity index (χ1v) is 5.84. The molecule has 0 aliphatic carbocycles. The maximum atomic E-state index is 5.81. The van der Waals surface area contributed by atoms with E-state index in [1.54, 1.807) is 6.20 Å². The van der Waals surface area contributed by atoms with Crippen LogP contribution < -0.4 is 5.73 Å². The number of aromatic nitrogens is 2. The van der Waals surface area contributed by atoms with E-state index in [9.17, 15) is 0 Å². The Morgan fingerprint density at radius 1 is 1.35 bits per heavy atom. The molecule has 88 valence electrons. The third-order valence-electron chi connectivity index (χ3n) is 3.44. The average molecular weight is 228 g/mol. The summed E-state index contributed by atoms with van der Waals surface area (Å²) >= 11 is 0. The average Bonchev–Trinajstić information content (AvgIpc) is 2.96. The Morgan fingerprint density at radius 3 is 2.94 bits per heavy atom. The van der Waals surface area contributed by atoms with Crippen molar-refractivity contribution in [3.63, 3.8) is 0 Å². The van der Waals surface area contributed by atoms with Crippen LogP contribution in [0, 0.1) is 0 Å². The van der Waals surface area contributed by atoms with Gasteiger partial charge in [-0.1, -0.05) is 6.07 Å². The number of hydrogen-bond donors (Lipinski definition) is 2. The summed E-state index contributed by atoms with van der Waals surface area (Å²) in [5, 5.41) is 0. The van der Waals surface area contributed by atoms with Crippen molar-refractivity contribution in [1.29, 1.82) is 0 Å². The second-order valence-corrected chi connectivity index (χ2v) is 4.58. The van der Waals surface area contributed by atoms with Gasteiger partial charge < -0.3 is 10.7 Å². The molecule has 2 aromatic rings. The minimum atomic E-state index is 0.304. The number of nitrogens with one attached hydrogen (secondary N) is 1. The first-order chi connectivity index (χ1) is 8.24. The van der Waals surface area contributed by atoms with Gasteiger partial charge in [-0.05, 0) is 30.2 Å². The molecule has 4 nitrogen and oxygen atoms in total. The molecule has 1 aliphatic heterocycles. The quantitative estimate of drug-likeness (QED) is 0.774. The van der Waals surface area contributed by atoms with Crippen molar-refractivity contribution in [3.05, 3.63) is 47.5 Å². The second kappa shape index (κ2) is 3.89. The van der Waals surface area contributed by atoms with Crippen molar-refractivity contribution in [1.82, 2.24) is 14.9 Å². The van der Waals surface area contributed by atoms with Gasteiger partial charge in [-0.25, -0.2) is 4.98 Å². The summed E-state index contributed by atoms with van der Waals surface area (Å²) in [5.74, 6) is 1.02. The number of imidazole rings is 1. The van der Waals surface area contributed by atoms with Gasteiger partial charge in [0, 0.05) is 31.2 Å². The molecule has 0 radical (unpaired) electrons. The van der Waals surface area contributed by atoms with Gasteiger partial charge in [-0.3, -0.25) is 4.90 Å². The number of rotatable bonds is 2. The fraction of sp³-hybridized carbons (Fsp3) is 0.308. The lowest BCUT2D eigenvalue weighted by atomic mass is 10.1. The molecule has 1 aromatic carbocycles. The van der Waals surface area contributed by atoms with Crippen molar-refractivity contribution in [2.75, 3.05) is 5.73 Å². The SMILES string of the molecule is CC(c1ncc[nH]1)N1Cc2ccc(N)cc2C1. The summed E-state index contributed by atoms with van der Waals surface area (Å²) in [4.78, 5) is 9.89. The summed E-state index contributed by atoms with van der Waals surface area (Å²) in [6.45, 7) is 4.09. The monoisotopic (exact) mass is 228 g/mol. The molecule has 0 saturated carbocycles. The van der Waals surface area contributed by atoms with E-state index in [0.29, 0.717) is 6.04 Å². The Hall–Kier alpha value is -1.81. The van der Waals surface area contributed by atoms with E-state index in [1.807, 2.05) is 12.3 Å². The number of aromatic amines is 1. The Bertz CT molecular complexity index is 518. The zero-order valence-electron chi connectivity index (χ0n) is 9.85. The van der Waals surface area contributed by atoms with Gasteiger partial charge in [-0.15, -0.1) is 0 Å². The van der Waals surface area contributed by atoms with Crippen molar-refractivity contribution >= 4 is 5.69 Å². The maximum Gasteiger partial charge on any atom is 0.123 e. The van der Waals surface area contributed by atoms with E-state index in [4.69, 9.17) is 5.73 Å². The van der Waals surface area contributed by atoms with E-state index in [2.05, 4.69) is 33.9 Å². The third kappa shape index (κ3) is 1.80. The zero-order chi connectivity index (χ0) is 11.8. The molecule has 1 atom stereocenters. The fourth-order valence-electron chi connectivity index (χ4n) is 2.39. The number of anilines is 1. The Morgan fingerprint density at radius 2 is 2.18 bits per heavy atom. The van der Waals surface area contributed by atoms with Crippen LogP contribution in [0.25, 0.3) is 0 Å². The highest BCUT2D eigenvalue weighted by molar-refractivity contribution is 5.46. The van der Waals surface area contributed by atoms with E-state index in [1.165, 1.54) is 11.1 Å². The molecule has 4 heteroatoms. The largest absolute Gasteiger partial charge is 0.399 e. The van der Waals surface area contributed by atoms with Crippen LogP contribution in [0.15, 0.2) is 30.6 Å². The topological polar surface area (TPSA) is 57.9 Å².